The third-order valence-electron chi connectivity index (χ3n) is 3.39. The second-order valence-electron chi connectivity index (χ2n) is 5.15. The second-order valence-corrected chi connectivity index (χ2v) is 6.06. The van der Waals surface area contributed by atoms with Crippen molar-refractivity contribution in [2.24, 2.45) is 0 Å². The van der Waals surface area contributed by atoms with Gasteiger partial charge in [-0.15, -0.1) is 0 Å². The molecular weight excluding hydrogens is 374 g/mol. The fraction of sp³-hybridized carbons (Fsp3) is 0.222. The van der Waals surface area contributed by atoms with E-state index in [2.05, 4.69) is 21.2 Å². The van der Waals surface area contributed by atoms with Crippen molar-refractivity contribution in [3.8, 4) is 5.75 Å². The maximum Gasteiger partial charge on any atom is 0.338 e. The number of hydrogen-bond donors (Lipinski definition) is 1. The molecule has 0 saturated heterocycles. The van der Waals surface area contributed by atoms with Crippen LogP contribution in [0.2, 0.25) is 0 Å². The molecule has 0 aliphatic carbocycles. The Balaban J connectivity index is 1.86. The highest BCUT2D eigenvalue weighted by Gasteiger charge is 2.13. The molecule has 1 atom stereocenters. The molecule has 1 amide bonds. The molecule has 0 aromatic heterocycles. The Hall–Kier alpha value is -2.34. The van der Waals surface area contributed by atoms with Gasteiger partial charge < -0.3 is 14.8 Å². The van der Waals surface area contributed by atoms with E-state index in [9.17, 15) is 9.59 Å². The minimum Gasteiger partial charge on any atom is -0.497 e. The van der Waals surface area contributed by atoms with Gasteiger partial charge in [0.25, 0.3) is 5.91 Å². The van der Waals surface area contributed by atoms with Crippen molar-refractivity contribution in [2.75, 3.05) is 13.7 Å². The molecule has 5 nitrogen and oxygen atoms in total. The van der Waals surface area contributed by atoms with Crippen LogP contribution in [0.25, 0.3) is 0 Å². The van der Waals surface area contributed by atoms with Crippen LogP contribution in [0.3, 0.4) is 0 Å². The van der Waals surface area contributed by atoms with Crippen LogP contribution in [-0.2, 0) is 9.53 Å². The van der Waals surface area contributed by atoms with Gasteiger partial charge in [0.2, 0.25) is 0 Å². The van der Waals surface area contributed by atoms with Crippen LogP contribution in [0.5, 0.6) is 5.75 Å². The highest BCUT2D eigenvalue weighted by Crippen LogP contribution is 2.16. The molecule has 0 unspecified atom stereocenters. The Kier molecular flexibility index (Phi) is 6.37. The Morgan fingerprint density at radius 2 is 1.88 bits per heavy atom. The number of benzene rings is 2. The molecule has 0 aliphatic rings. The number of halogens is 1. The van der Waals surface area contributed by atoms with E-state index in [0.717, 1.165) is 10.0 Å². The van der Waals surface area contributed by atoms with Crippen LogP contribution in [0.15, 0.2) is 53.0 Å². The quantitative estimate of drug-likeness (QED) is 0.765. The Morgan fingerprint density at radius 3 is 2.54 bits per heavy atom. The zero-order valence-corrected chi connectivity index (χ0v) is 15.0. The van der Waals surface area contributed by atoms with Gasteiger partial charge in [-0.1, -0.05) is 34.1 Å². The number of nitrogens with one attached hydrogen (secondary N) is 1. The molecule has 0 radical (unpaired) electrons. The van der Waals surface area contributed by atoms with Crippen molar-refractivity contribution in [1.82, 2.24) is 5.32 Å². The van der Waals surface area contributed by atoms with Gasteiger partial charge in [-0.05, 0) is 42.8 Å². The summed E-state index contributed by atoms with van der Waals surface area (Å²) in [5.41, 5.74) is 1.30. The van der Waals surface area contributed by atoms with Crippen LogP contribution >= 0.6 is 15.9 Å². The zero-order valence-electron chi connectivity index (χ0n) is 13.4. The van der Waals surface area contributed by atoms with E-state index >= 15 is 0 Å². The molecule has 0 fully saturated rings. The summed E-state index contributed by atoms with van der Waals surface area (Å²) < 4.78 is 11.1. The minimum atomic E-state index is -0.569. The average molecular weight is 392 g/mol. The molecule has 126 valence electrons. The SMILES string of the molecule is COc1cccc(C(=O)OCC(=O)N[C@H](C)c2ccc(Br)cc2)c1. The van der Waals surface area contributed by atoms with Gasteiger partial charge in [0, 0.05) is 4.47 Å². The van der Waals surface area contributed by atoms with Crippen LogP contribution in [0.4, 0.5) is 0 Å². The number of esters is 1. The maximum atomic E-state index is 11.9. The highest BCUT2D eigenvalue weighted by atomic mass is 79.9. The number of methoxy groups -OCH3 is 1. The van der Waals surface area contributed by atoms with Gasteiger partial charge in [-0.3, -0.25) is 4.79 Å². The van der Waals surface area contributed by atoms with Crippen molar-refractivity contribution in [3.05, 3.63) is 64.1 Å². The molecule has 0 heterocycles. The third-order valence-corrected chi connectivity index (χ3v) is 3.92. The van der Waals surface area contributed by atoms with Crippen molar-refractivity contribution >= 4 is 27.8 Å². The van der Waals surface area contributed by atoms with E-state index in [4.69, 9.17) is 9.47 Å². The van der Waals surface area contributed by atoms with E-state index in [0.29, 0.717) is 11.3 Å². The topological polar surface area (TPSA) is 64.6 Å². The number of rotatable bonds is 6. The van der Waals surface area contributed by atoms with Crippen molar-refractivity contribution in [1.29, 1.82) is 0 Å². The highest BCUT2D eigenvalue weighted by molar-refractivity contribution is 9.10. The molecule has 2 rings (SSSR count). The lowest BCUT2D eigenvalue weighted by atomic mass is 10.1. The van der Waals surface area contributed by atoms with E-state index in [-0.39, 0.29) is 18.6 Å². The predicted molar refractivity (Wildman–Crippen MR) is 94.0 cm³/mol. The molecule has 6 heteroatoms. The van der Waals surface area contributed by atoms with Crippen LogP contribution in [-0.4, -0.2) is 25.6 Å². The lowest BCUT2D eigenvalue weighted by Crippen LogP contribution is -2.31. The van der Waals surface area contributed by atoms with E-state index in [1.807, 2.05) is 31.2 Å². The van der Waals surface area contributed by atoms with Crippen molar-refractivity contribution in [3.63, 3.8) is 0 Å². The summed E-state index contributed by atoms with van der Waals surface area (Å²) in [5.74, 6) is -0.375. The van der Waals surface area contributed by atoms with E-state index in [1.165, 1.54) is 7.11 Å². The summed E-state index contributed by atoms with van der Waals surface area (Å²) in [6.07, 6.45) is 0. The summed E-state index contributed by atoms with van der Waals surface area (Å²) >= 11 is 3.36. The standard InChI is InChI=1S/C18H18BrNO4/c1-12(13-6-8-15(19)9-7-13)20-17(21)11-24-18(22)14-4-3-5-16(10-14)23-2/h3-10,12H,11H2,1-2H3,(H,20,21)/t12-/m1/s1. The number of ether oxygens (including phenoxy) is 2. The second kappa shape index (κ2) is 8.49. The largest absolute Gasteiger partial charge is 0.497 e. The first-order chi connectivity index (χ1) is 11.5. The average Bonchev–Trinajstić information content (AvgIpc) is 2.60. The normalized spacial score (nSPS) is 11.5. The first-order valence-corrected chi connectivity index (χ1v) is 8.15. The van der Waals surface area contributed by atoms with Crippen molar-refractivity contribution < 1.29 is 19.1 Å². The summed E-state index contributed by atoms with van der Waals surface area (Å²) in [6, 6.07) is 14.0. The summed E-state index contributed by atoms with van der Waals surface area (Å²) in [5, 5.41) is 2.79. The van der Waals surface area contributed by atoms with Crippen LogP contribution in [0, 0.1) is 0 Å². The monoisotopic (exact) mass is 391 g/mol. The molecular formula is C18H18BrNO4. The third kappa shape index (κ3) is 5.09. The van der Waals surface area contributed by atoms with Crippen LogP contribution < -0.4 is 10.1 Å². The van der Waals surface area contributed by atoms with Gasteiger partial charge in [0.15, 0.2) is 6.61 Å². The molecule has 0 aliphatic heterocycles. The summed E-state index contributed by atoms with van der Waals surface area (Å²) in [7, 11) is 1.52. The molecule has 0 spiro atoms. The first-order valence-electron chi connectivity index (χ1n) is 7.35. The molecule has 1 N–H and O–H groups in total. The van der Waals surface area contributed by atoms with Gasteiger partial charge >= 0.3 is 5.97 Å². The van der Waals surface area contributed by atoms with E-state index < -0.39 is 5.97 Å². The Morgan fingerprint density at radius 1 is 1.17 bits per heavy atom. The molecule has 0 saturated carbocycles. The van der Waals surface area contributed by atoms with Gasteiger partial charge in [-0.25, -0.2) is 4.79 Å². The minimum absolute atomic E-state index is 0.180. The lowest BCUT2D eigenvalue weighted by molar-refractivity contribution is -0.124. The first kappa shape index (κ1) is 18.0. The number of amides is 1. The van der Waals surface area contributed by atoms with Gasteiger partial charge in [-0.2, -0.15) is 0 Å². The number of carbonyl (C=O) groups excluding carboxylic acids is 2. The summed E-state index contributed by atoms with van der Waals surface area (Å²) in [4.78, 5) is 23.9. The molecule has 24 heavy (non-hydrogen) atoms. The molecule has 0 bridgehead atoms. The predicted octanol–water partition coefficient (Wildman–Crippen LogP) is 3.49. The molecule has 2 aromatic carbocycles. The fourth-order valence-corrected chi connectivity index (χ4v) is 2.35. The van der Waals surface area contributed by atoms with Gasteiger partial charge in [0.05, 0.1) is 18.7 Å². The zero-order chi connectivity index (χ0) is 17.5. The Bertz CT molecular complexity index is 715. The summed E-state index contributed by atoms with van der Waals surface area (Å²) in [6.45, 7) is 1.53. The number of carbonyl (C=O) groups is 2. The molecule has 2 aromatic rings. The van der Waals surface area contributed by atoms with Crippen LogP contribution in [0.1, 0.15) is 28.9 Å². The number of hydrogen-bond acceptors (Lipinski definition) is 4. The Labute approximate surface area is 149 Å². The van der Waals surface area contributed by atoms with Gasteiger partial charge in [0.1, 0.15) is 5.75 Å². The smallest absolute Gasteiger partial charge is 0.338 e. The lowest BCUT2D eigenvalue weighted by Gasteiger charge is -2.14. The fourth-order valence-electron chi connectivity index (χ4n) is 2.08. The maximum absolute atomic E-state index is 11.9. The van der Waals surface area contributed by atoms with Crippen molar-refractivity contribution in [2.45, 2.75) is 13.0 Å². The van der Waals surface area contributed by atoms with E-state index in [1.54, 1.807) is 24.3 Å².